The average Bonchev–Trinajstić information content (AvgIpc) is 3.46. The Morgan fingerprint density at radius 3 is 2.56 bits per heavy atom. The average molecular weight is 452 g/mol. The SMILES string of the molecule is Cc1nn(-c2ccccc2)c(C)c1CNC(=O)c1ccc(COc2cccc3ccccc23)o1. The highest BCUT2D eigenvalue weighted by Gasteiger charge is 2.16. The molecule has 5 aromatic rings. The summed E-state index contributed by atoms with van der Waals surface area (Å²) in [7, 11) is 0. The Labute approximate surface area is 197 Å². The van der Waals surface area contributed by atoms with Gasteiger partial charge >= 0.3 is 0 Å². The molecule has 6 nitrogen and oxygen atoms in total. The number of fused-ring (bicyclic) bond motifs is 1. The lowest BCUT2D eigenvalue weighted by Gasteiger charge is -2.08. The minimum Gasteiger partial charge on any atom is -0.485 e. The van der Waals surface area contributed by atoms with Gasteiger partial charge in [-0.15, -0.1) is 0 Å². The second-order valence-electron chi connectivity index (χ2n) is 8.11. The molecule has 3 aromatic carbocycles. The second kappa shape index (κ2) is 9.27. The minimum absolute atomic E-state index is 0.239. The Bertz CT molecular complexity index is 1450. The van der Waals surface area contributed by atoms with Crippen LogP contribution in [0, 0.1) is 13.8 Å². The summed E-state index contributed by atoms with van der Waals surface area (Å²) in [5.74, 6) is 1.34. The van der Waals surface area contributed by atoms with E-state index in [0.29, 0.717) is 12.3 Å². The molecular formula is C28H25N3O3. The first kappa shape index (κ1) is 21.5. The molecule has 0 radical (unpaired) electrons. The van der Waals surface area contributed by atoms with E-state index in [1.807, 2.05) is 91.3 Å². The van der Waals surface area contributed by atoms with Crippen molar-refractivity contribution in [3.63, 3.8) is 0 Å². The van der Waals surface area contributed by atoms with Crippen LogP contribution in [0.4, 0.5) is 0 Å². The quantitative estimate of drug-likeness (QED) is 0.342. The van der Waals surface area contributed by atoms with E-state index in [-0.39, 0.29) is 18.3 Å². The van der Waals surface area contributed by atoms with Gasteiger partial charge in [0.25, 0.3) is 5.91 Å². The molecule has 0 aliphatic heterocycles. The monoisotopic (exact) mass is 451 g/mol. The molecule has 1 amide bonds. The lowest BCUT2D eigenvalue weighted by molar-refractivity contribution is 0.0919. The zero-order chi connectivity index (χ0) is 23.5. The number of aryl methyl sites for hydroxylation is 1. The summed E-state index contributed by atoms with van der Waals surface area (Å²) >= 11 is 0. The van der Waals surface area contributed by atoms with Gasteiger partial charge in [-0.3, -0.25) is 4.79 Å². The number of aromatic nitrogens is 2. The fraction of sp³-hybridized carbons (Fsp3) is 0.143. The highest BCUT2D eigenvalue weighted by Crippen LogP contribution is 2.26. The van der Waals surface area contributed by atoms with E-state index in [2.05, 4.69) is 10.4 Å². The fourth-order valence-electron chi connectivity index (χ4n) is 4.06. The van der Waals surface area contributed by atoms with Gasteiger partial charge in [0.1, 0.15) is 18.1 Å². The van der Waals surface area contributed by atoms with Crippen molar-refractivity contribution in [2.45, 2.75) is 27.0 Å². The maximum absolute atomic E-state index is 12.7. The number of nitrogens with one attached hydrogen (secondary N) is 1. The number of para-hydroxylation sites is 1. The van der Waals surface area contributed by atoms with E-state index >= 15 is 0 Å². The van der Waals surface area contributed by atoms with Crippen molar-refractivity contribution in [1.82, 2.24) is 15.1 Å². The van der Waals surface area contributed by atoms with Crippen molar-refractivity contribution in [1.29, 1.82) is 0 Å². The predicted molar refractivity (Wildman–Crippen MR) is 131 cm³/mol. The van der Waals surface area contributed by atoms with Gasteiger partial charge in [0.2, 0.25) is 0 Å². The van der Waals surface area contributed by atoms with Crippen LogP contribution in [-0.2, 0) is 13.2 Å². The number of rotatable bonds is 7. The van der Waals surface area contributed by atoms with E-state index in [1.54, 1.807) is 12.1 Å². The van der Waals surface area contributed by atoms with E-state index in [4.69, 9.17) is 9.15 Å². The maximum atomic E-state index is 12.7. The van der Waals surface area contributed by atoms with Gasteiger partial charge in [0.05, 0.1) is 11.4 Å². The van der Waals surface area contributed by atoms with Crippen LogP contribution in [0.5, 0.6) is 5.75 Å². The first-order chi connectivity index (χ1) is 16.6. The van der Waals surface area contributed by atoms with E-state index < -0.39 is 0 Å². The molecule has 1 N–H and O–H groups in total. The summed E-state index contributed by atoms with van der Waals surface area (Å²) in [6.45, 7) is 4.56. The van der Waals surface area contributed by atoms with Crippen LogP contribution >= 0.6 is 0 Å². The number of carbonyl (C=O) groups excluding carboxylic acids is 1. The third kappa shape index (κ3) is 4.30. The van der Waals surface area contributed by atoms with Crippen molar-refractivity contribution in [3.8, 4) is 11.4 Å². The number of ether oxygens (including phenoxy) is 1. The number of nitrogens with zero attached hydrogens (tertiary/aromatic N) is 2. The molecule has 170 valence electrons. The van der Waals surface area contributed by atoms with Crippen LogP contribution < -0.4 is 10.1 Å². The first-order valence-corrected chi connectivity index (χ1v) is 11.2. The zero-order valence-corrected chi connectivity index (χ0v) is 19.1. The lowest BCUT2D eigenvalue weighted by atomic mass is 10.1. The Morgan fingerprint density at radius 1 is 0.941 bits per heavy atom. The van der Waals surface area contributed by atoms with Crippen LogP contribution in [0.25, 0.3) is 16.5 Å². The number of benzene rings is 3. The third-order valence-corrected chi connectivity index (χ3v) is 5.87. The zero-order valence-electron chi connectivity index (χ0n) is 19.1. The van der Waals surface area contributed by atoms with Crippen LogP contribution in [0.1, 0.15) is 33.3 Å². The Kier molecular flexibility index (Phi) is 5.87. The largest absolute Gasteiger partial charge is 0.485 e. The minimum atomic E-state index is -0.275. The highest BCUT2D eigenvalue weighted by atomic mass is 16.5. The van der Waals surface area contributed by atoms with Gasteiger partial charge in [0, 0.05) is 23.2 Å². The summed E-state index contributed by atoms with van der Waals surface area (Å²) in [6, 6.07) is 27.4. The predicted octanol–water partition coefficient (Wildman–Crippen LogP) is 5.74. The normalized spacial score (nSPS) is 11.0. The maximum Gasteiger partial charge on any atom is 0.287 e. The molecule has 0 aliphatic rings. The van der Waals surface area contributed by atoms with E-state index in [0.717, 1.165) is 39.2 Å². The second-order valence-corrected chi connectivity index (χ2v) is 8.11. The Morgan fingerprint density at radius 2 is 1.71 bits per heavy atom. The first-order valence-electron chi connectivity index (χ1n) is 11.2. The Balaban J connectivity index is 1.23. The summed E-state index contributed by atoms with van der Waals surface area (Å²) in [5, 5.41) is 9.73. The number of hydrogen-bond acceptors (Lipinski definition) is 4. The molecule has 0 saturated heterocycles. The topological polar surface area (TPSA) is 69.3 Å². The molecule has 6 heteroatoms. The molecule has 0 spiro atoms. The fourth-order valence-corrected chi connectivity index (χ4v) is 4.06. The summed E-state index contributed by atoms with van der Waals surface area (Å²) < 4.78 is 13.6. The van der Waals surface area contributed by atoms with Gasteiger partial charge in [-0.25, -0.2) is 4.68 Å². The van der Waals surface area contributed by atoms with Gasteiger partial charge in [-0.1, -0.05) is 54.6 Å². The van der Waals surface area contributed by atoms with Crippen molar-refractivity contribution in [2.24, 2.45) is 0 Å². The van der Waals surface area contributed by atoms with E-state index in [9.17, 15) is 4.79 Å². The molecule has 0 saturated carbocycles. The molecule has 0 atom stereocenters. The summed E-state index contributed by atoms with van der Waals surface area (Å²) in [4.78, 5) is 12.7. The molecule has 0 aliphatic carbocycles. The van der Waals surface area contributed by atoms with E-state index in [1.165, 1.54) is 0 Å². The third-order valence-electron chi connectivity index (χ3n) is 5.87. The van der Waals surface area contributed by atoms with Crippen LogP contribution in [0.2, 0.25) is 0 Å². The number of amides is 1. The number of hydrogen-bond donors (Lipinski definition) is 1. The molecule has 0 unspecified atom stereocenters. The van der Waals surface area contributed by atoms with Gasteiger partial charge in [-0.2, -0.15) is 5.10 Å². The molecule has 2 heterocycles. The number of carbonyl (C=O) groups is 1. The van der Waals surface area contributed by atoms with Crippen molar-refractivity contribution in [3.05, 3.63) is 113 Å². The molecular weight excluding hydrogens is 426 g/mol. The van der Waals surface area contributed by atoms with Crippen molar-refractivity contribution in [2.75, 3.05) is 0 Å². The molecule has 0 fully saturated rings. The number of furan rings is 1. The van der Waals surface area contributed by atoms with Gasteiger partial charge < -0.3 is 14.5 Å². The van der Waals surface area contributed by atoms with Crippen molar-refractivity contribution < 1.29 is 13.9 Å². The van der Waals surface area contributed by atoms with Crippen LogP contribution in [-0.4, -0.2) is 15.7 Å². The standard InChI is InChI=1S/C28H25N3O3/c1-19-25(20(2)31(30-19)22-11-4-3-5-12-22)17-29-28(32)27-16-15-23(34-27)18-33-26-14-8-10-21-9-6-7-13-24(21)26/h3-16H,17-18H2,1-2H3,(H,29,32). The molecule has 0 bridgehead atoms. The molecule has 2 aromatic heterocycles. The summed E-state index contributed by atoms with van der Waals surface area (Å²) in [5.41, 5.74) is 3.85. The van der Waals surface area contributed by atoms with Crippen molar-refractivity contribution >= 4 is 16.7 Å². The van der Waals surface area contributed by atoms with Gasteiger partial charge in [0.15, 0.2) is 5.76 Å². The smallest absolute Gasteiger partial charge is 0.287 e. The highest BCUT2D eigenvalue weighted by molar-refractivity contribution is 5.91. The molecule has 34 heavy (non-hydrogen) atoms. The molecule has 5 rings (SSSR count). The van der Waals surface area contributed by atoms with Crippen LogP contribution in [0.3, 0.4) is 0 Å². The summed E-state index contributed by atoms with van der Waals surface area (Å²) in [6.07, 6.45) is 0. The lowest BCUT2D eigenvalue weighted by Crippen LogP contribution is -2.23. The van der Waals surface area contributed by atoms with Crippen LogP contribution in [0.15, 0.2) is 89.3 Å². The van der Waals surface area contributed by atoms with Gasteiger partial charge in [-0.05, 0) is 49.6 Å². The Hall–Kier alpha value is -4.32.